The first-order valence-electron chi connectivity index (χ1n) is 5.43. The molecule has 0 atom stereocenters. The van der Waals surface area contributed by atoms with Crippen LogP contribution in [0.3, 0.4) is 0 Å². The highest BCUT2D eigenvalue weighted by molar-refractivity contribution is 5.34. The molecule has 0 saturated heterocycles. The quantitative estimate of drug-likeness (QED) is 0.823. The van der Waals surface area contributed by atoms with Crippen LogP contribution in [-0.2, 0) is 15.9 Å². The average molecular weight is 205 g/mol. The molecule has 1 saturated carbocycles. The maximum atomic E-state index is 6.13. The van der Waals surface area contributed by atoms with Crippen molar-refractivity contribution in [2.24, 2.45) is 5.73 Å². The molecule has 0 bridgehead atoms. The molecule has 2 rings (SSSR count). The van der Waals surface area contributed by atoms with Crippen LogP contribution in [-0.4, -0.2) is 7.11 Å². The average Bonchev–Trinajstić information content (AvgIpc) is 2.98. The van der Waals surface area contributed by atoms with Crippen LogP contribution in [0.1, 0.15) is 37.8 Å². The van der Waals surface area contributed by atoms with Crippen molar-refractivity contribution in [2.45, 2.75) is 37.8 Å². The van der Waals surface area contributed by atoms with E-state index in [1.54, 1.807) is 7.11 Å². The van der Waals surface area contributed by atoms with Crippen molar-refractivity contribution in [3.8, 4) is 0 Å². The summed E-state index contributed by atoms with van der Waals surface area (Å²) in [4.78, 5) is 0. The highest BCUT2D eigenvalue weighted by Gasteiger charge is 2.39. The lowest BCUT2D eigenvalue weighted by atomic mass is 9.95. The molecule has 0 radical (unpaired) electrons. The Kier molecular flexibility index (Phi) is 2.36. The molecular formula is C13H19NO. The van der Waals surface area contributed by atoms with Crippen molar-refractivity contribution < 1.29 is 4.74 Å². The Morgan fingerprint density at radius 1 is 1.20 bits per heavy atom. The second-order valence-corrected chi connectivity index (χ2v) is 4.95. The van der Waals surface area contributed by atoms with E-state index in [1.165, 1.54) is 11.1 Å². The van der Waals surface area contributed by atoms with E-state index < -0.39 is 0 Å². The van der Waals surface area contributed by atoms with Gasteiger partial charge in [-0.2, -0.15) is 0 Å². The number of benzene rings is 1. The second-order valence-electron chi connectivity index (χ2n) is 4.95. The highest BCUT2D eigenvalue weighted by Crippen LogP contribution is 2.42. The number of ether oxygens (including phenoxy) is 1. The largest absolute Gasteiger partial charge is 0.374 e. The Morgan fingerprint density at radius 3 is 2.13 bits per heavy atom. The summed E-state index contributed by atoms with van der Waals surface area (Å²) in [6.07, 6.45) is 2.22. The molecule has 82 valence electrons. The van der Waals surface area contributed by atoms with Crippen LogP contribution in [0.2, 0.25) is 0 Å². The van der Waals surface area contributed by atoms with E-state index in [2.05, 4.69) is 38.1 Å². The van der Waals surface area contributed by atoms with Gasteiger partial charge in [0.15, 0.2) is 0 Å². The highest BCUT2D eigenvalue weighted by atomic mass is 16.5. The van der Waals surface area contributed by atoms with E-state index >= 15 is 0 Å². The molecule has 1 aromatic rings. The molecule has 1 aliphatic rings. The van der Waals surface area contributed by atoms with Gasteiger partial charge in [-0.15, -0.1) is 0 Å². The molecule has 2 N–H and O–H groups in total. The van der Waals surface area contributed by atoms with Crippen LogP contribution in [0.15, 0.2) is 24.3 Å². The fourth-order valence-corrected chi connectivity index (χ4v) is 1.74. The summed E-state index contributed by atoms with van der Waals surface area (Å²) in [7, 11) is 1.74. The second kappa shape index (κ2) is 3.32. The summed E-state index contributed by atoms with van der Waals surface area (Å²) in [6, 6.07) is 8.49. The first-order valence-corrected chi connectivity index (χ1v) is 5.43. The summed E-state index contributed by atoms with van der Waals surface area (Å²) in [5, 5.41) is 0. The minimum atomic E-state index is -0.218. The van der Waals surface area contributed by atoms with Crippen LogP contribution < -0.4 is 5.73 Å². The van der Waals surface area contributed by atoms with Crippen LogP contribution >= 0.6 is 0 Å². The third-order valence-corrected chi connectivity index (χ3v) is 3.45. The first kappa shape index (κ1) is 10.7. The van der Waals surface area contributed by atoms with Crippen molar-refractivity contribution >= 4 is 0 Å². The van der Waals surface area contributed by atoms with Crippen LogP contribution in [0.25, 0.3) is 0 Å². The molecule has 2 heteroatoms. The lowest BCUT2D eigenvalue weighted by Gasteiger charge is -2.24. The van der Waals surface area contributed by atoms with Crippen molar-refractivity contribution in [3.05, 3.63) is 35.4 Å². The Labute approximate surface area is 91.4 Å². The van der Waals surface area contributed by atoms with Gasteiger partial charge in [0.2, 0.25) is 0 Å². The van der Waals surface area contributed by atoms with Gasteiger partial charge in [-0.3, -0.25) is 0 Å². The lowest BCUT2D eigenvalue weighted by Crippen LogP contribution is -2.21. The molecule has 1 aromatic carbocycles. The molecule has 0 amide bonds. The number of hydrogen-bond donors (Lipinski definition) is 1. The van der Waals surface area contributed by atoms with E-state index in [0.717, 1.165) is 12.8 Å². The van der Waals surface area contributed by atoms with Gasteiger partial charge in [-0.05, 0) is 37.8 Å². The first-order chi connectivity index (χ1) is 6.98. The van der Waals surface area contributed by atoms with Gasteiger partial charge in [0, 0.05) is 12.6 Å². The minimum absolute atomic E-state index is 0.0320. The van der Waals surface area contributed by atoms with Gasteiger partial charge >= 0.3 is 0 Å². The molecule has 15 heavy (non-hydrogen) atoms. The van der Waals surface area contributed by atoms with Gasteiger partial charge in [-0.25, -0.2) is 0 Å². The lowest BCUT2D eigenvalue weighted by molar-refractivity contribution is 0.0192. The van der Waals surface area contributed by atoms with E-state index in [4.69, 9.17) is 10.5 Å². The standard InChI is InChI=1S/C13H19NO/c1-12(2,15-3)10-4-6-11(7-5-10)13(14)8-9-13/h4-7H,8-9,14H2,1-3H3. The maximum Gasteiger partial charge on any atom is 0.0871 e. The van der Waals surface area contributed by atoms with Crippen LogP contribution in [0.5, 0.6) is 0 Å². The van der Waals surface area contributed by atoms with Crippen molar-refractivity contribution in [3.63, 3.8) is 0 Å². The summed E-state index contributed by atoms with van der Waals surface area (Å²) in [5.74, 6) is 0. The molecule has 1 fully saturated rings. The summed E-state index contributed by atoms with van der Waals surface area (Å²) >= 11 is 0. The third-order valence-electron chi connectivity index (χ3n) is 3.45. The monoisotopic (exact) mass is 205 g/mol. The van der Waals surface area contributed by atoms with Crippen molar-refractivity contribution in [1.29, 1.82) is 0 Å². The number of nitrogens with two attached hydrogens (primary N) is 1. The van der Waals surface area contributed by atoms with E-state index in [1.807, 2.05) is 0 Å². The number of methoxy groups -OCH3 is 1. The predicted molar refractivity (Wildman–Crippen MR) is 61.6 cm³/mol. The molecular weight excluding hydrogens is 186 g/mol. The molecule has 0 unspecified atom stereocenters. The molecule has 0 aliphatic heterocycles. The topological polar surface area (TPSA) is 35.2 Å². The molecule has 1 aliphatic carbocycles. The van der Waals surface area contributed by atoms with Crippen LogP contribution in [0.4, 0.5) is 0 Å². The molecule has 0 aromatic heterocycles. The zero-order valence-corrected chi connectivity index (χ0v) is 9.71. The predicted octanol–water partition coefficient (Wildman–Crippen LogP) is 2.52. The van der Waals surface area contributed by atoms with Gasteiger partial charge in [0.1, 0.15) is 0 Å². The van der Waals surface area contributed by atoms with E-state index in [0.29, 0.717) is 0 Å². The number of hydrogen-bond acceptors (Lipinski definition) is 2. The van der Waals surface area contributed by atoms with Crippen molar-refractivity contribution in [2.75, 3.05) is 7.11 Å². The Hall–Kier alpha value is -0.860. The molecule has 0 spiro atoms. The van der Waals surface area contributed by atoms with E-state index in [-0.39, 0.29) is 11.1 Å². The zero-order chi connectivity index (χ0) is 11.1. The number of rotatable bonds is 3. The normalized spacial score (nSPS) is 18.9. The summed E-state index contributed by atoms with van der Waals surface area (Å²) < 4.78 is 5.43. The van der Waals surface area contributed by atoms with Gasteiger partial charge in [0.25, 0.3) is 0 Å². The minimum Gasteiger partial charge on any atom is -0.374 e. The van der Waals surface area contributed by atoms with Gasteiger partial charge in [0.05, 0.1) is 5.60 Å². The summed E-state index contributed by atoms with van der Waals surface area (Å²) in [5.41, 5.74) is 8.32. The Balaban J connectivity index is 2.24. The Morgan fingerprint density at radius 2 is 1.73 bits per heavy atom. The SMILES string of the molecule is COC(C)(C)c1ccc(C2(N)CC2)cc1. The summed E-state index contributed by atoms with van der Waals surface area (Å²) in [6.45, 7) is 4.13. The van der Waals surface area contributed by atoms with Crippen LogP contribution in [0, 0.1) is 0 Å². The van der Waals surface area contributed by atoms with Gasteiger partial charge in [-0.1, -0.05) is 24.3 Å². The molecule has 0 heterocycles. The van der Waals surface area contributed by atoms with Crippen molar-refractivity contribution in [1.82, 2.24) is 0 Å². The van der Waals surface area contributed by atoms with E-state index in [9.17, 15) is 0 Å². The molecule has 2 nitrogen and oxygen atoms in total. The van der Waals surface area contributed by atoms with Gasteiger partial charge < -0.3 is 10.5 Å². The third kappa shape index (κ3) is 1.92. The zero-order valence-electron chi connectivity index (χ0n) is 9.71. The fraction of sp³-hybridized carbons (Fsp3) is 0.538. The fourth-order valence-electron chi connectivity index (χ4n) is 1.74. The Bertz CT molecular complexity index is 349. The maximum absolute atomic E-state index is 6.13. The smallest absolute Gasteiger partial charge is 0.0871 e.